The van der Waals surface area contributed by atoms with Gasteiger partial charge < -0.3 is 15.5 Å². The Kier molecular flexibility index (Phi) is 7.38. The Morgan fingerprint density at radius 1 is 1.11 bits per heavy atom. The van der Waals surface area contributed by atoms with Gasteiger partial charge in [-0.25, -0.2) is 0 Å². The minimum absolute atomic E-state index is 0.0441. The van der Waals surface area contributed by atoms with E-state index in [0.29, 0.717) is 30.6 Å². The van der Waals surface area contributed by atoms with Crippen LogP contribution in [0.5, 0.6) is 0 Å². The highest BCUT2D eigenvalue weighted by atomic mass is 35.5. The van der Waals surface area contributed by atoms with Gasteiger partial charge in [0.05, 0.1) is 29.2 Å². The number of amides is 2. The lowest BCUT2D eigenvalue weighted by Crippen LogP contribution is -2.67. The summed E-state index contributed by atoms with van der Waals surface area (Å²) in [5, 5.41) is 7.45. The molecule has 2 amide bonds. The Morgan fingerprint density at radius 2 is 1.83 bits per heavy atom. The molecule has 1 saturated carbocycles. The molecule has 6 nitrogen and oxygen atoms in total. The lowest BCUT2D eigenvalue weighted by Gasteiger charge is -2.51. The number of benzene rings is 2. The van der Waals surface area contributed by atoms with Gasteiger partial charge in [0.25, 0.3) is 0 Å². The van der Waals surface area contributed by atoms with Gasteiger partial charge in [-0.3, -0.25) is 14.5 Å². The molecule has 3 fully saturated rings. The molecule has 2 saturated heterocycles. The maximum Gasteiger partial charge on any atom is 0.241 e. The third-order valence-corrected chi connectivity index (χ3v) is 8.32. The van der Waals surface area contributed by atoms with E-state index in [1.807, 2.05) is 47.4 Å². The largest absolute Gasteiger partial charge is 0.349 e. The van der Waals surface area contributed by atoms with Crippen LogP contribution in [0.1, 0.15) is 51.1 Å². The summed E-state index contributed by atoms with van der Waals surface area (Å²) in [4.78, 5) is 30.8. The maximum absolute atomic E-state index is 13.5. The number of halogens is 1. The van der Waals surface area contributed by atoms with Crippen molar-refractivity contribution in [2.75, 3.05) is 31.1 Å². The number of nitrogens with one attached hydrogen (secondary N) is 2. The van der Waals surface area contributed by atoms with Crippen molar-refractivity contribution in [1.82, 2.24) is 15.5 Å². The van der Waals surface area contributed by atoms with E-state index >= 15 is 0 Å². The van der Waals surface area contributed by atoms with E-state index in [9.17, 15) is 9.59 Å². The molecule has 5 rings (SSSR count). The van der Waals surface area contributed by atoms with Crippen LogP contribution in [-0.2, 0) is 9.59 Å². The zero-order valence-corrected chi connectivity index (χ0v) is 22.0. The molecule has 0 radical (unpaired) electrons. The SMILES string of the molecule is CC1(C)CN(c2ccccc2Cl)C(=O)CN1[C@H]1CNC[C@@H](C(=O)N[C@H](CC2CC2)c2ccccc2)C1. The molecule has 0 aromatic heterocycles. The van der Waals surface area contributed by atoms with Crippen LogP contribution in [0.2, 0.25) is 5.02 Å². The zero-order chi connectivity index (χ0) is 25.3. The van der Waals surface area contributed by atoms with Gasteiger partial charge >= 0.3 is 0 Å². The smallest absolute Gasteiger partial charge is 0.241 e. The minimum atomic E-state index is -0.254. The number of rotatable bonds is 7. The predicted octanol–water partition coefficient (Wildman–Crippen LogP) is 4.40. The third kappa shape index (κ3) is 5.61. The molecular formula is C29H37ClN4O2. The lowest BCUT2D eigenvalue weighted by molar-refractivity contribution is -0.129. The second-order valence-electron chi connectivity index (χ2n) is 11.3. The molecule has 0 unspecified atom stereocenters. The van der Waals surface area contributed by atoms with Crippen molar-refractivity contribution < 1.29 is 9.59 Å². The number of anilines is 1. The fourth-order valence-corrected chi connectivity index (χ4v) is 6.06. The number of nitrogens with zero attached hydrogens (tertiary/aromatic N) is 2. The molecule has 3 aliphatic rings. The Bertz CT molecular complexity index is 1090. The Morgan fingerprint density at radius 3 is 2.56 bits per heavy atom. The van der Waals surface area contributed by atoms with Crippen molar-refractivity contribution in [3.63, 3.8) is 0 Å². The summed E-state index contributed by atoms with van der Waals surface area (Å²) < 4.78 is 0. The fourth-order valence-electron chi connectivity index (χ4n) is 5.82. The second kappa shape index (κ2) is 10.5. The average molecular weight is 509 g/mol. The molecule has 36 heavy (non-hydrogen) atoms. The molecule has 2 aromatic carbocycles. The summed E-state index contributed by atoms with van der Waals surface area (Å²) in [7, 11) is 0. The van der Waals surface area contributed by atoms with Crippen LogP contribution >= 0.6 is 11.6 Å². The van der Waals surface area contributed by atoms with Crippen molar-refractivity contribution in [3.8, 4) is 0 Å². The molecule has 192 valence electrons. The molecule has 2 aromatic rings. The molecule has 0 spiro atoms. The molecule has 2 N–H and O–H groups in total. The van der Waals surface area contributed by atoms with Crippen LogP contribution in [-0.4, -0.2) is 54.5 Å². The van der Waals surface area contributed by atoms with E-state index in [0.717, 1.165) is 25.1 Å². The Balaban J connectivity index is 1.26. The van der Waals surface area contributed by atoms with E-state index < -0.39 is 0 Å². The van der Waals surface area contributed by atoms with Crippen molar-refractivity contribution in [3.05, 3.63) is 65.2 Å². The number of para-hydroxylation sites is 1. The van der Waals surface area contributed by atoms with Crippen molar-refractivity contribution >= 4 is 29.1 Å². The fraction of sp³-hybridized carbons (Fsp3) is 0.517. The van der Waals surface area contributed by atoms with Crippen LogP contribution < -0.4 is 15.5 Å². The zero-order valence-electron chi connectivity index (χ0n) is 21.3. The number of carbonyl (C=O) groups excluding carboxylic acids is 2. The van der Waals surface area contributed by atoms with Crippen molar-refractivity contribution in [1.29, 1.82) is 0 Å². The van der Waals surface area contributed by atoms with Gasteiger partial charge in [0.2, 0.25) is 11.8 Å². The summed E-state index contributed by atoms with van der Waals surface area (Å²) in [5.41, 5.74) is 1.69. The van der Waals surface area contributed by atoms with E-state index in [4.69, 9.17) is 11.6 Å². The monoisotopic (exact) mass is 508 g/mol. The summed E-state index contributed by atoms with van der Waals surface area (Å²) in [5.74, 6) is 0.749. The normalized spacial score (nSPS) is 25.4. The highest BCUT2D eigenvalue weighted by molar-refractivity contribution is 6.33. The van der Waals surface area contributed by atoms with Gasteiger partial charge in [-0.1, -0.05) is 66.9 Å². The summed E-state index contributed by atoms with van der Waals surface area (Å²) in [6.45, 7) is 6.66. The van der Waals surface area contributed by atoms with Crippen molar-refractivity contribution in [2.45, 2.75) is 57.2 Å². The number of hydrogen-bond donors (Lipinski definition) is 2. The molecule has 7 heteroatoms. The molecule has 3 atom stereocenters. The minimum Gasteiger partial charge on any atom is -0.349 e. The lowest BCUT2D eigenvalue weighted by atomic mass is 9.88. The first-order valence-corrected chi connectivity index (χ1v) is 13.6. The van der Waals surface area contributed by atoms with Crippen LogP contribution in [0.4, 0.5) is 5.69 Å². The van der Waals surface area contributed by atoms with Gasteiger partial charge in [0.1, 0.15) is 0 Å². The topological polar surface area (TPSA) is 64.7 Å². The van der Waals surface area contributed by atoms with Crippen LogP contribution in [0.25, 0.3) is 0 Å². The first-order valence-electron chi connectivity index (χ1n) is 13.2. The van der Waals surface area contributed by atoms with Gasteiger partial charge in [-0.15, -0.1) is 0 Å². The number of carbonyl (C=O) groups is 2. The molecule has 2 aliphatic heterocycles. The van der Waals surface area contributed by atoms with Gasteiger partial charge in [0, 0.05) is 31.2 Å². The number of hydrogen-bond acceptors (Lipinski definition) is 4. The van der Waals surface area contributed by atoms with Crippen molar-refractivity contribution in [2.24, 2.45) is 11.8 Å². The van der Waals surface area contributed by atoms with E-state index in [-0.39, 0.29) is 35.4 Å². The number of piperidine rings is 1. The maximum atomic E-state index is 13.5. The first-order chi connectivity index (χ1) is 17.3. The highest BCUT2D eigenvalue weighted by Crippen LogP contribution is 2.38. The first kappa shape index (κ1) is 25.2. The van der Waals surface area contributed by atoms with Crippen LogP contribution in [0, 0.1) is 11.8 Å². The second-order valence-corrected chi connectivity index (χ2v) is 11.7. The average Bonchev–Trinajstić information content (AvgIpc) is 3.70. The Hall–Kier alpha value is -2.41. The third-order valence-electron chi connectivity index (χ3n) is 8.00. The summed E-state index contributed by atoms with van der Waals surface area (Å²) in [6.07, 6.45) is 4.27. The molecular weight excluding hydrogens is 472 g/mol. The van der Waals surface area contributed by atoms with E-state index in [1.54, 1.807) is 0 Å². The predicted molar refractivity (Wildman–Crippen MR) is 144 cm³/mol. The van der Waals surface area contributed by atoms with Crippen LogP contribution in [0.3, 0.4) is 0 Å². The molecule has 2 heterocycles. The highest BCUT2D eigenvalue weighted by Gasteiger charge is 2.44. The van der Waals surface area contributed by atoms with Gasteiger partial charge in [-0.05, 0) is 50.3 Å². The Labute approximate surface area is 219 Å². The van der Waals surface area contributed by atoms with Gasteiger partial charge in [-0.2, -0.15) is 0 Å². The number of piperazine rings is 1. The van der Waals surface area contributed by atoms with E-state index in [2.05, 4.69) is 41.5 Å². The standard InChI is InChI=1S/C29H37ClN4O2/c1-29(2)19-33(26-11-7-6-10-24(26)30)27(35)18-34(29)23-15-22(16-31-17-23)28(36)32-25(14-20-12-13-20)21-8-4-3-5-9-21/h3-11,20,22-23,25,31H,12-19H2,1-2H3,(H,32,36)/t22-,23+,25+/m0/s1. The molecule has 1 aliphatic carbocycles. The molecule has 0 bridgehead atoms. The van der Waals surface area contributed by atoms with E-state index in [1.165, 1.54) is 18.4 Å². The summed E-state index contributed by atoms with van der Waals surface area (Å²) in [6, 6.07) is 18.0. The van der Waals surface area contributed by atoms with Crippen LogP contribution in [0.15, 0.2) is 54.6 Å². The van der Waals surface area contributed by atoms with Gasteiger partial charge in [0.15, 0.2) is 0 Å². The summed E-state index contributed by atoms with van der Waals surface area (Å²) >= 11 is 6.41. The quantitative estimate of drug-likeness (QED) is 0.581.